The van der Waals surface area contributed by atoms with E-state index in [-0.39, 0.29) is 23.8 Å². The zero-order valence-electron chi connectivity index (χ0n) is 12.5. The summed E-state index contributed by atoms with van der Waals surface area (Å²) in [5.41, 5.74) is 0. The number of hydrogen-bond donors (Lipinski definition) is 0. The summed E-state index contributed by atoms with van der Waals surface area (Å²) in [6, 6.07) is 7.67. The third-order valence-corrected chi connectivity index (χ3v) is 5.74. The third kappa shape index (κ3) is 3.25. The normalized spacial score (nSPS) is 24.5. The summed E-state index contributed by atoms with van der Waals surface area (Å²) in [6.07, 6.45) is 1.91. The largest absolute Gasteiger partial charge is 0.341 e. The van der Waals surface area contributed by atoms with Crippen LogP contribution >= 0.6 is 23.4 Å². The van der Waals surface area contributed by atoms with Gasteiger partial charge >= 0.3 is 0 Å². The number of halogens is 1. The highest BCUT2D eigenvalue weighted by atomic mass is 35.5. The van der Waals surface area contributed by atoms with Crippen molar-refractivity contribution in [2.24, 2.45) is 5.92 Å². The van der Waals surface area contributed by atoms with E-state index in [2.05, 4.69) is 0 Å². The van der Waals surface area contributed by atoms with Crippen LogP contribution in [0, 0.1) is 5.92 Å². The lowest BCUT2D eigenvalue weighted by Gasteiger charge is -2.32. The number of fused-ring (bicyclic) bond motifs is 4. The lowest BCUT2D eigenvalue weighted by atomic mass is 9.95. The Hall–Kier alpha value is -1.20. The number of thioether (sulfide) groups is 1. The number of hydrogen-bond acceptors (Lipinski definition) is 3. The van der Waals surface area contributed by atoms with Gasteiger partial charge in [-0.2, -0.15) is 0 Å². The Kier molecular flexibility index (Phi) is 4.64. The first kappa shape index (κ1) is 15.7. The summed E-state index contributed by atoms with van der Waals surface area (Å²) < 4.78 is 0. The van der Waals surface area contributed by atoms with Gasteiger partial charge in [0.2, 0.25) is 11.8 Å². The van der Waals surface area contributed by atoms with E-state index in [0.717, 1.165) is 17.7 Å². The van der Waals surface area contributed by atoms with E-state index in [0.29, 0.717) is 23.9 Å². The summed E-state index contributed by atoms with van der Waals surface area (Å²) in [5, 5.41) is 0.696. The molecule has 3 fully saturated rings. The zero-order valence-corrected chi connectivity index (χ0v) is 14.1. The number of benzene rings is 1. The van der Waals surface area contributed by atoms with Gasteiger partial charge in [0.25, 0.3) is 0 Å². The second kappa shape index (κ2) is 6.50. The molecule has 6 heteroatoms. The maximum absolute atomic E-state index is 12.5. The topological polar surface area (TPSA) is 40.6 Å². The molecule has 0 N–H and O–H groups in total. The van der Waals surface area contributed by atoms with E-state index in [9.17, 15) is 9.59 Å². The minimum atomic E-state index is -0.0202. The maximum atomic E-state index is 12.5. The predicted octanol–water partition coefficient (Wildman–Crippen LogP) is 2.51. The molecule has 0 saturated carbocycles. The van der Waals surface area contributed by atoms with Gasteiger partial charge in [-0.1, -0.05) is 11.6 Å². The van der Waals surface area contributed by atoms with Crippen molar-refractivity contribution in [3.8, 4) is 0 Å². The number of piperidine rings is 1. The van der Waals surface area contributed by atoms with Crippen LogP contribution in [0.4, 0.5) is 0 Å². The standard InChI is InChI=1S/C16H19ClN2O2S/c1-18-13-5-2-11(16(18)21)8-19(9-13)15(20)10-22-14-6-3-12(17)4-7-14/h3-4,6-7,11,13H,2,5,8-10H2,1H3/t11-,13+/m0/s1. The molecule has 4 rings (SSSR count). The molecule has 0 aromatic heterocycles. The Bertz CT molecular complexity index is 578. The quantitative estimate of drug-likeness (QED) is 0.795. The molecule has 22 heavy (non-hydrogen) atoms. The van der Waals surface area contributed by atoms with Gasteiger partial charge in [-0.3, -0.25) is 9.59 Å². The van der Waals surface area contributed by atoms with Crippen molar-refractivity contribution in [1.82, 2.24) is 9.80 Å². The van der Waals surface area contributed by atoms with Gasteiger partial charge in [-0.25, -0.2) is 0 Å². The molecule has 0 spiro atoms. The first-order valence-corrected chi connectivity index (χ1v) is 8.84. The highest BCUT2D eigenvalue weighted by Gasteiger charge is 2.39. The average Bonchev–Trinajstić information content (AvgIpc) is 2.80. The van der Waals surface area contributed by atoms with Crippen LogP contribution in [0.5, 0.6) is 0 Å². The highest BCUT2D eigenvalue weighted by Crippen LogP contribution is 2.29. The smallest absolute Gasteiger partial charge is 0.233 e. The molecule has 2 atom stereocenters. The molecule has 0 radical (unpaired) electrons. The van der Waals surface area contributed by atoms with Crippen molar-refractivity contribution in [3.63, 3.8) is 0 Å². The third-order valence-electron chi connectivity index (χ3n) is 4.49. The Morgan fingerprint density at radius 3 is 2.73 bits per heavy atom. The molecule has 3 aliphatic rings. The number of carbonyl (C=O) groups is 2. The summed E-state index contributed by atoms with van der Waals surface area (Å²) in [5.74, 6) is 0.684. The van der Waals surface area contributed by atoms with E-state index in [1.807, 2.05) is 41.1 Å². The molecule has 118 valence electrons. The monoisotopic (exact) mass is 338 g/mol. The molecule has 0 unspecified atom stereocenters. The highest BCUT2D eigenvalue weighted by molar-refractivity contribution is 8.00. The molecule has 4 nitrogen and oxygen atoms in total. The molecule has 1 aromatic rings. The predicted molar refractivity (Wildman–Crippen MR) is 88.0 cm³/mol. The van der Waals surface area contributed by atoms with Crippen molar-refractivity contribution in [2.45, 2.75) is 23.8 Å². The van der Waals surface area contributed by atoms with Crippen LogP contribution in [0.15, 0.2) is 29.2 Å². The Balaban J connectivity index is 1.61. The van der Waals surface area contributed by atoms with E-state index >= 15 is 0 Å². The van der Waals surface area contributed by atoms with Gasteiger partial charge in [0.15, 0.2) is 0 Å². The average molecular weight is 339 g/mol. The van der Waals surface area contributed by atoms with Gasteiger partial charge < -0.3 is 9.80 Å². The fourth-order valence-corrected chi connectivity index (χ4v) is 4.05. The van der Waals surface area contributed by atoms with Gasteiger partial charge in [0, 0.05) is 36.1 Å². The Labute approximate surface area is 139 Å². The SMILES string of the molecule is CN1C(=O)[C@H]2CC[C@@H]1CN(C(=O)CSc1ccc(Cl)cc1)C2. The molecule has 3 aliphatic heterocycles. The van der Waals surface area contributed by atoms with Crippen molar-refractivity contribution in [2.75, 3.05) is 25.9 Å². The number of rotatable bonds is 3. The lowest BCUT2D eigenvalue weighted by Crippen LogP contribution is -2.45. The zero-order chi connectivity index (χ0) is 15.7. The second-order valence-corrected chi connectivity index (χ2v) is 7.40. The second-order valence-electron chi connectivity index (χ2n) is 5.92. The molecule has 3 heterocycles. The molecule has 2 amide bonds. The molecule has 0 aliphatic carbocycles. The minimum absolute atomic E-state index is 0.0202. The van der Waals surface area contributed by atoms with Crippen LogP contribution in [0.25, 0.3) is 0 Å². The first-order valence-electron chi connectivity index (χ1n) is 7.47. The van der Waals surface area contributed by atoms with E-state index in [1.165, 1.54) is 11.8 Å². The van der Waals surface area contributed by atoms with Crippen LogP contribution < -0.4 is 0 Å². The van der Waals surface area contributed by atoms with Crippen LogP contribution in [0.2, 0.25) is 5.02 Å². The number of nitrogens with zero attached hydrogens (tertiary/aromatic N) is 2. The van der Waals surface area contributed by atoms with E-state index in [1.54, 1.807) is 0 Å². The van der Waals surface area contributed by atoms with Gasteiger partial charge in [-0.05, 0) is 37.1 Å². The summed E-state index contributed by atoms with van der Waals surface area (Å²) >= 11 is 7.37. The van der Waals surface area contributed by atoms with Gasteiger partial charge in [-0.15, -0.1) is 11.8 Å². The summed E-state index contributed by atoms with van der Waals surface area (Å²) in [6.45, 7) is 1.23. The van der Waals surface area contributed by atoms with Crippen LogP contribution in [-0.2, 0) is 9.59 Å². The summed E-state index contributed by atoms with van der Waals surface area (Å²) in [7, 11) is 1.86. The number of likely N-dealkylation sites (N-methyl/N-ethyl adjacent to an activating group) is 1. The van der Waals surface area contributed by atoms with Crippen LogP contribution in [-0.4, -0.2) is 53.5 Å². The minimum Gasteiger partial charge on any atom is -0.341 e. The fraction of sp³-hybridized carbons (Fsp3) is 0.500. The molecule has 3 saturated heterocycles. The van der Waals surface area contributed by atoms with Crippen molar-refractivity contribution in [1.29, 1.82) is 0 Å². The van der Waals surface area contributed by atoms with Crippen molar-refractivity contribution >= 4 is 35.2 Å². The van der Waals surface area contributed by atoms with Gasteiger partial charge in [0.1, 0.15) is 0 Å². The fourth-order valence-electron chi connectivity index (χ4n) is 3.13. The van der Waals surface area contributed by atoms with Crippen molar-refractivity contribution < 1.29 is 9.59 Å². The molecule has 2 bridgehead atoms. The molecule has 1 aromatic carbocycles. The van der Waals surface area contributed by atoms with E-state index < -0.39 is 0 Å². The van der Waals surface area contributed by atoms with Crippen LogP contribution in [0.1, 0.15) is 12.8 Å². The van der Waals surface area contributed by atoms with Gasteiger partial charge in [0.05, 0.1) is 11.7 Å². The van der Waals surface area contributed by atoms with Crippen molar-refractivity contribution in [3.05, 3.63) is 29.3 Å². The number of amides is 2. The lowest BCUT2D eigenvalue weighted by molar-refractivity contribution is -0.138. The Morgan fingerprint density at radius 1 is 1.27 bits per heavy atom. The van der Waals surface area contributed by atoms with Crippen LogP contribution in [0.3, 0.4) is 0 Å². The molecular formula is C16H19ClN2O2S. The van der Waals surface area contributed by atoms with E-state index in [4.69, 9.17) is 11.6 Å². The maximum Gasteiger partial charge on any atom is 0.233 e. The summed E-state index contributed by atoms with van der Waals surface area (Å²) in [4.78, 5) is 29.4. The number of carbonyl (C=O) groups excluding carboxylic acids is 2. The Morgan fingerprint density at radius 2 is 2.00 bits per heavy atom. The first-order chi connectivity index (χ1) is 10.5. The molecular weight excluding hydrogens is 320 g/mol.